The highest BCUT2D eigenvalue weighted by molar-refractivity contribution is 6.03. The number of carbonyl (C=O) groups excluding carboxylic acids is 1. The number of ketones is 1. The van der Waals surface area contributed by atoms with Crippen molar-refractivity contribution in [3.63, 3.8) is 0 Å². The Hall–Kier alpha value is -2.10. The van der Waals surface area contributed by atoms with Crippen LogP contribution in [0.1, 0.15) is 89.0 Å². The smallest absolute Gasteiger partial charge is 0.316 e. The highest BCUT2D eigenvalue weighted by Crippen LogP contribution is 2.77. The molecule has 6 atom stereocenters. The van der Waals surface area contributed by atoms with Gasteiger partial charge in [-0.15, -0.1) is 0 Å². The fourth-order valence-corrected chi connectivity index (χ4v) is 8.92. The lowest BCUT2D eigenvalue weighted by atomic mass is 9.41. The molecule has 0 aliphatic heterocycles. The zero-order valence-electron chi connectivity index (χ0n) is 21.2. The predicted octanol–water partition coefficient (Wildman–Crippen LogP) is 6.04. The van der Waals surface area contributed by atoms with E-state index in [4.69, 9.17) is 0 Å². The molecule has 0 radical (unpaired) electrons. The number of phenolic OH excluding ortho intramolecular Hbond substituents is 1. The maximum atomic E-state index is 13.1. The summed E-state index contributed by atoms with van der Waals surface area (Å²) in [4.78, 5) is 25.3. The molecule has 0 saturated heterocycles. The first-order valence-electron chi connectivity index (χ1n) is 12.4. The zero-order valence-corrected chi connectivity index (χ0v) is 21.2. The molecule has 0 bridgehead atoms. The van der Waals surface area contributed by atoms with Crippen molar-refractivity contribution in [2.45, 2.75) is 92.4 Å². The van der Waals surface area contributed by atoms with Crippen molar-refractivity contribution in [3.05, 3.63) is 40.0 Å². The van der Waals surface area contributed by atoms with E-state index in [1.54, 1.807) is 6.92 Å². The summed E-state index contributed by atoms with van der Waals surface area (Å²) < 4.78 is 0. The molecular weight excluding hydrogens is 412 g/mol. The number of phenols is 1. The van der Waals surface area contributed by atoms with Gasteiger partial charge in [0.1, 0.15) is 16.9 Å². The lowest BCUT2D eigenvalue weighted by Gasteiger charge is -2.62. The van der Waals surface area contributed by atoms with Gasteiger partial charge in [-0.1, -0.05) is 39.3 Å². The van der Waals surface area contributed by atoms with Gasteiger partial charge in [0.05, 0.1) is 0 Å². The largest absolute Gasteiger partial charge is 0.508 e. The van der Waals surface area contributed by atoms with E-state index in [1.807, 2.05) is 13.0 Å². The number of carboxylic acids is 1. The number of allylic oxidation sites excluding steroid dienone is 2. The van der Waals surface area contributed by atoms with Crippen LogP contribution >= 0.6 is 0 Å². The highest BCUT2D eigenvalue weighted by atomic mass is 16.4. The van der Waals surface area contributed by atoms with Gasteiger partial charge in [-0.25, -0.2) is 0 Å². The maximum absolute atomic E-state index is 13.1. The normalized spacial score (nSPS) is 43.8. The van der Waals surface area contributed by atoms with Crippen molar-refractivity contribution in [2.24, 2.45) is 27.6 Å². The fraction of sp³-hybridized carbons (Fsp3) is 0.655. The molecule has 5 rings (SSSR count). The molecule has 0 heterocycles. The minimum Gasteiger partial charge on any atom is -0.508 e. The summed E-state index contributed by atoms with van der Waals surface area (Å²) in [6.45, 7) is 15.1. The molecule has 2 N–H and O–H groups in total. The number of hydrogen-bond acceptors (Lipinski definition) is 3. The van der Waals surface area contributed by atoms with Crippen LogP contribution in [-0.4, -0.2) is 22.0 Å². The first-order chi connectivity index (χ1) is 15.1. The summed E-state index contributed by atoms with van der Waals surface area (Å²) >= 11 is 0. The molecule has 33 heavy (non-hydrogen) atoms. The van der Waals surface area contributed by atoms with Gasteiger partial charge in [0, 0.05) is 11.8 Å². The van der Waals surface area contributed by atoms with E-state index in [-0.39, 0.29) is 33.4 Å². The number of aliphatic carboxylic acids is 1. The molecule has 4 aliphatic carbocycles. The molecule has 4 heteroatoms. The van der Waals surface area contributed by atoms with Crippen molar-refractivity contribution in [1.82, 2.24) is 0 Å². The van der Waals surface area contributed by atoms with Gasteiger partial charge in [-0.05, 0) is 103 Å². The molecule has 3 fully saturated rings. The van der Waals surface area contributed by atoms with E-state index in [2.05, 4.69) is 40.7 Å². The van der Waals surface area contributed by atoms with E-state index in [1.165, 1.54) is 22.3 Å². The van der Waals surface area contributed by atoms with E-state index in [0.717, 1.165) is 31.2 Å². The van der Waals surface area contributed by atoms with E-state index >= 15 is 0 Å². The van der Waals surface area contributed by atoms with Gasteiger partial charge in [0.15, 0.2) is 0 Å². The first kappa shape index (κ1) is 22.7. The van der Waals surface area contributed by atoms with Crippen LogP contribution < -0.4 is 0 Å². The lowest BCUT2D eigenvalue weighted by Crippen LogP contribution is -2.59. The summed E-state index contributed by atoms with van der Waals surface area (Å²) in [7, 11) is 0. The van der Waals surface area contributed by atoms with Gasteiger partial charge in [0.2, 0.25) is 0 Å². The zero-order chi connectivity index (χ0) is 24.4. The second kappa shape index (κ2) is 6.31. The number of carboxylic acid groups (broad SMARTS) is 1. The van der Waals surface area contributed by atoms with E-state index in [0.29, 0.717) is 18.6 Å². The molecule has 4 aliphatic rings. The van der Waals surface area contributed by atoms with Crippen LogP contribution in [0.25, 0.3) is 0 Å². The lowest BCUT2D eigenvalue weighted by molar-refractivity contribution is -0.173. The molecule has 1 aromatic carbocycles. The Morgan fingerprint density at radius 1 is 1.06 bits per heavy atom. The summed E-state index contributed by atoms with van der Waals surface area (Å²) in [6.07, 6.45) is 6.98. The van der Waals surface area contributed by atoms with E-state index in [9.17, 15) is 19.8 Å². The van der Waals surface area contributed by atoms with Crippen molar-refractivity contribution in [2.75, 3.05) is 0 Å². The van der Waals surface area contributed by atoms with Gasteiger partial charge < -0.3 is 10.2 Å². The van der Waals surface area contributed by atoms with Gasteiger partial charge in [-0.3, -0.25) is 9.59 Å². The van der Waals surface area contributed by atoms with Crippen molar-refractivity contribution in [1.29, 1.82) is 0 Å². The molecule has 1 aromatic rings. The summed E-state index contributed by atoms with van der Waals surface area (Å²) in [5.41, 5.74) is 4.31. The molecule has 178 valence electrons. The van der Waals surface area contributed by atoms with Crippen molar-refractivity contribution >= 4 is 11.8 Å². The Morgan fingerprint density at radius 2 is 1.73 bits per heavy atom. The first-order valence-corrected chi connectivity index (χ1v) is 12.4. The quantitative estimate of drug-likeness (QED) is 0.404. The molecule has 0 spiro atoms. The summed E-state index contributed by atoms with van der Waals surface area (Å²) in [5.74, 6) is -0.573. The molecule has 1 unspecified atom stereocenters. The van der Waals surface area contributed by atoms with Crippen LogP contribution in [0.15, 0.2) is 17.7 Å². The number of aromatic hydroxyl groups is 1. The van der Waals surface area contributed by atoms with Crippen LogP contribution in [0, 0.1) is 41.4 Å². The Balaban J connectivity index is 1.69. The Kier molecular flexibility index (Phi) is 4.34. The molecule has 3 saturated carbocycles. The Labute approximate surface area is 197 Å². The van der Waals surface area contributed by atoms with Crippen LogP contribution in [0.2, 0.25) is 0 Å². The topological polar surface area (TPSA) is 74.6 Å². The van der Waals surface area contributed by atoms with Gasteiger partial charge in [0.25, 0.3) is 0 Å². The number of rotatable bonds is 1. The second-order valence-corrected chi connectivity index (χ2v) is 12.9. The number of fused-ring (bicyclic) bond motifs is 7. The average molecular weight is 451 g/mol. The third kappa shape index (κ3) is 2.48. The van der Waals surface area contributed by atoms with Gasteiger partial charge in [-0.2, -0.15) is 0 Å². The van der Waals surface area contributed by atoms with Crippen molar-refractivity contribution < 1.29 is 19.8 Å². The van der Waals surface area contributed by atoms with Gasteiger partial charge >= 0.3 is 5.97 Å². The SMILES string of the molecule is Cc1c(O)cc2c(c1C)CC=C1[C@@]2(C)C[C@@]2(C)C3C[C@](C)(C(=O)O)C(=O)C[C@]3(C)CC[C@]12C. The summed E-state index contributed by atoms with van der Waals surface area (Å²) in [6, 6.07) is 2.00. The number of hydrogen-bond donors (Lipinski definition) is 2. The molecule has 0 amide bonds. The number of Topliss-reactive ketones (excluding diaryl/α,β-unsaturated/α-hetero) is 1. The molecule has 0 aromatic heterocycles. The third-order valence-corrected chi connectivity index (χ3v) is 11.4. The fourth-order valence-electron chi connectivity index (χ4n) is 8.92. The van der Waals surface area contributed by atoms with Crippen LogP contribution in [0.5, 0.6) is 5.75 Å². The Bertz CT molecular complexity index is 1150. The third-order valence-electron chi connectivity index (χ3n) is 11.4. The van der Waals surface area contributed by atoms with E-state index < -0.39 is 11.4 Å². The minimum atomic E-state index is -1.31. The summed E-state index contributed by atoms with van der Waals surface area (Å²) in [5, 5.41) is 20.8. The molecular formula is C29H38O4. The predicted molar refractivity (Wildman–Crippen MR) is 128 cm³/mol. The van der Waals surface area contributed by atoms with Crippen LogP contribution in [0.3, 0.4) is 0 Å². The minimum absolute atomic E-state index is 0.0577. The van der Waals surface area contributed by atoms with Crippen molar-refractivity contribution in [3.8, 4) is 5.75 Å². The van der Waals surface area contributed by atoms with Crippen LogP contribution in [-0.2, 0) is 21.4 Å². The maximum Gasteiger partial charge on any atom is 0.316 e. The number of carbonyl (C=O) groups is 2. The highest BCUT2D eigenvalue weighted by Gasteiger charge is 2.71. The molecule has 4 nitrogen and oxygen atoms in total. The average Bonchev–Trinajstić information content (AvgIpc) is 2.92. The monoisotopic (exact) mass is 450 g/mol. The standard InChI is InChI=1S/C29H38O4/c1-16-17(2)20(30)12-19-18(16)8-9-21-27(19,5)15-29(7)22-13-26(4,24(32)33)23(31)14-25(22,3)10-11-28(21,29)6/h9,12,22,30H,8,10-11,13-15H2,1-7H3,(H,32,33)/t22?,25-,26-,27-,28+,29-/m0/s1. The van der Waals surface area contributed by atoms with Crippen LogP contribution in [0.4, 0.5) is 0 Å². The Morgan fingerprint density at radius 3 is 2.36 bits per heavy atom. The number of benzene rings is 1. The second-order valence-electron chi connectivity index (χ2n) is 12.9.